The smallest absolute Gasteiger partial charge is 0.258 e. The highest BCUT2D eigenvalue weighted by Gasteiger charge is 2.14. The van der Waals surface area contributed by atoms with E-state index in [0.717, 1.165) is 11.1 Å². The predicted molar refractivity (Wildman–Crippen MR) is 115 cm³/mol. The summed E-state index contributed by atoms with van der Waals surface area (Å²) in [5, 5.41) is 6.97. The summed E-state index contributed by atoms with van der Waals surface area (Å²) in [6.07, 6.45) is 5.30. The molecule has 0 spiro atoms. The van der Waals surface area contributed by atoms with Gasteiger partial charge in [-0.1, -0.05) is 24.3 Å². The maximum absolute atomic E-state index is 12.9. The Labute approximate surface area is 173 Å². The molecule has 0 aliphatic carbocycles. The first kappa shape index (κ1) is 19.2. The molecule has 0 saturated heterocycles. The molecule has 2 aromatic heterocycles. The second-order valence-electron chi connectivity index (χ2n) is 6.81. The third-order valence-electron chi connectivity index (χ3n) is 4.45. The lowest BCUT2D eigenvalue weighted by molar-refractivity contribution is -0.114. The van der Waals surface area contributed by atoms with Gasteiger partial charge in [-0.25, -0.2) is 0 Å². The van der Waals surface area contributed by atoms with Gasteiger partial charge in [0, 0.05) is 49.2 Å². The number of anilines is 1. The molecule has 0 unspecified atom stereocenters. The molecular weight excluding hydrogens is 380 g/mol. The molecule has 0 fully saturated rings. The number of aromatic nitrogens is 3. The van der Waals surface area contributed by atoms with Crippen LogP contribution in [0.5, 0.6) is 11.5 Å². The van der Waals surface area contributed by atoms with Crippen LogP contribution in [0.2, 0.25) is 0 Å². The van der Waals surface area contributed by atoms with E-state index in [-0.39, 0.29) is 11.5 Å². The van der Waals surface area contributed by atoms with Crippen molar-refractivity contribution in [2.45, 2.75) is 6.92 Å². The van der Waals surface area contributed by atoms with Crippen molar-refractivity contribution in [1.29, 1.82) is 0 Å². The van der Waals surface area contributed by atoms with Gasteiger partial charge in [-0.2, -0.15) is 5.10 Å². The quantitative estimate of drug-likeness (QED) is 0.549. The van der Waals surface area contributed by atoms with Crippen molar-refractivity contribution >= 4 is 11.6 Å². The molecule has 1 amide bonds. The van der Waals surface area contributed by atoms with Gasteiger partial charge in [0.15, 0.2) is 0 Å². The lowest BCUT2D eigenvalue weighted by Crippen LogP contribution is -2.18. The van der Waals surface area contributed by atoms with Crippen molar-refractivity contribution in [3.05, 3.63) is 89.6 Å². The zero-order chi connectivity index (χ0) is 21.1. The van der Waals surface area contributed by atoms with E-state index in [9.17, 15) is 9.59 Å². The van der Waals surface area contributed by atoms with Crippen molar-refractivity contribution in [3.8, 4) is 28.3 Å². The number of nitrogens with zero attached hydrogens (tertiary/aromatic N) is 3. The predicted octanol–water partition coefficient (Wildman–Crippen LogP) is 3.99. The van der Waals surface area contributed by atoms with Crippen LogP contribution in [-0.2, 0) is 11.8 Å². The number of benzene rings is 2. The summed E-state index contributed by atoms with van der Waals surface area (Å²) in [5.41, 5.74) is 2.52. The van der Waals surface area contributed by atoms with Crippen LogP contribution in [-0.4, -0.2) is 20.3 Å². The maximum atomic E-state index is 12.9. The summed E-state index contributed by atoms with van der Waals surface area (Å²) in [5.74, 6) is 0.892. The van der Waals surface area contributed by atoms with Gasteiger partial charge in [0.2, 0.25) is 5.91 Å². The van der Waals surface area contributed by atoms with Crippen molar-refractivity contribution in [2.24, 2.45) is 7.05 Å². The number of aryl methyl sites for hydroxylation is 1. The topological polar surface area (TPSA) is 78.2 Å². The van der Waals surface area contributed by atoms with Crippen LogP contribution >= 0.6 is 0 Å². The lowest BCUT2D eigenvalue weighted by atomic mass is 10.1. The molecule has 0 atom stereocenters. The van der Waals surface area contributed by atoms with Gasteiger partial charge < -0.3 is 10.1 Å². The molecule has 0 aliphatic heterocycles. The molecule has 7 nitrogen and oxygen atoms in total. The Balaban J connectivity index is 1.83. The van der Waals surface area contributed by atoms with Crippen molar-refractivity contribution in [1.82, 2.24) is 14.3 Å². The molecule has 2 aromatic carbocycles. The lowest BCUT2D eigenvalue weighted by Gasteiger charge is -2.14. The van der Waals surface area contributed by atoms with Crippen LogP contribution in [0.3, 0.4) is 0 Å². The van der Waals surface area contributed by atoms with Crippen LogP contribution in [0.1, 0.15) is 6.92 Å². The highest BCUT2D eigenvalue weighted by Crippen LogP contribution is 2.32. The third kappa shape index (κ3) is 4.15. The van der Waals surface area contributed by atoms with Crippen molar-refractivity contribution in [2.75, 3.05) is 5.32 Å². The number of carbonyl (C=O) groups is 1. The third-order valence-corrected chi connectivity index (χ3v) is 4.45. The number of ether oxygens (including phenoxy) is 1. The van der Waals surface area contributed by atoms with Gasteiger partial charge in [-0.3, -0.25) is 18.8 Å². The van der Waals surface area contributed by atoms with Crippen LogP contribution < -0.4 is 15.6 Å². The normalized spacial score (nSPS) is 10.6. The van der Waals surface area contributed by atoms with E-state index in [1.807, 2.05) is 43.6 Å². The van der Waals surface area contributed by atoms with Gasteiger partial charge in [-0.05, 0) is 30.3 Å². The number of carbonyl (C=O) groups excluding carboxylic acids is 1. The maximum Gasteiger partial charge on any atom is 0.258 e. The first-order chi connectivity index (χ1) is 14.5. The minimum absolute atomic E-state index is 0.179. The zero-order valence-electron chi connectivity index (χ0n) is 16.6. The summed E-state index contributed by atoms with van der Waals surface area (Å²) in [7, 11) is 1.83. The first-order valence-corrected chi connectivity index (χ1v) is 9.36. The Bertz CT molecular complexity index is 1260. The van der Waals surface area contributed by atoms with Crippen LogP contribution in [0.4, 0.5) is 5.69 Å². The minimum Gasteiger partial charge on any atom is -0.456 e. The van der Waals surface area contributed by atoms with Crippen molar-refractivity contribution in [3.63, 3.8) is 0 Å². The van der Waals surface area contributed by atoms with Gasteiger partial charge in [0.05, 0.1) is 11.9 Å². The zero-order valence-corrected chi connectivity index (χ0v) is 16.6. The van der Waals surface area contributed by atoms with E-state index in [1.54, 1.807) is 41.3 Å². The molecule has 4 aromatic rings. The molecule has 4 rings (SSSR count). The number of hydrogen-bond donors (Lipinski definition) is 1. The number of rotatable bonds is 5. The molecule has 0 saturated carbocycles. The van der Waals surface area contributed by atoms with E-state index in [2.05, 4.69) is 10.4 Å². The standard InChI is InChI=1S/C23H20N4O3/c1-16(28)25-18-7-6-8-19(11-18)27-15-21(17-13-24-26(2)14-17)22(12-23(27)29)30-20-9-4-3-5-10-20/h3-15H,1-2H3,(H,25,28). The Morgan fingerprint density at radius 1 is 1.03 bits per heavy atom. The average molecular weight is 400 g/mol. The fourth-order valence-electron chi connectivity index (χ4n) is 3.13. The average Bonchev–Trinajstić information content (AvgIpc) is 3.15. The largest absolute Gasteiger partial charge is 0.456 e. The molecule has 7 heteroatoms. The van der Waals surface area contributed by atoms with Gasteiger partial charge in [-0.15, -0.1) is 0 Å². The Kier molecular flexibility index (Phi) is 5.17. The van der Waals surface area contributed by atoms with E-state index >= 15 is 0 Å². The van der Waals surface area contributed by atoms with E-state index in [1.165, 1.54) is 17.6 Å². The molecule has 150 valence electrons. The summed E-state index contributed by atoms with van der Waals surface area (Å²) in [4.78, 5) is 24.3. The fourth-order valence-corrected chi connectivity index (χ4v) is 3.13. The molecule has 1 N–H and O–H groups in total. The second-order valence-corrected chi connectivity index (χ2v) is 6.81. The number of para-hydroxylation sites is 1. The number of nitrogens with one attached hydrogen (secondary N) is 1. The van der Waals surface area contributed by atoms with Crippen molar-refractivity contribution < 1.29 is 9.53 Å². The summed E-state index contributed by atoms with van der Waals surface area (Å²) in [6, 6.07) is 17.9. The Morgan fingerprint density at radius 2 is 1.83 bits per heavy atom. The second kappa shape index (κ2) is 8.08. The monoisotopic (exact) mass is 400 g/mol. The molecular formula is C23H20N4O3. The number of hydrogen-bond acceptors (Lipinski definition) is 4. The van der Waals surface area contributed by atoms with E-state index < -0.39 is 0 Å². The Hall–Kier alpha value is -4.13. The number of amides is 1. The Morgan fingerprint density at radius 3 is 2.53 bits per heavy atom. The molecule has 0 radical (unpaired) electrons. The summed E-state index contributed by atoms with van der Waals surface area (Å²) in [6.45, 7) is 1.44. The molecule has 0 aliphatic rings. The molecule has 0 bridgehead atoms. The van der Waals surface area contributed by atoms with E-state index in [0.29, 0.717) is 22.9 Å². The number of pyridine rings is 1. The first-order valence-electron chi connectivity index (χ1n) is 9.36. The minimum atomic E-state index is -0.256. The van der Waals surface area contributed by atoms with Crippen LogP contribution in [0.15, 0.2) is 84.0 Å². The summed E-state index contributed by atoms with van der Waals surface area (Å²) < 4.78 is 9.22. The van der Waals surface area contributed by atoms with Gasteiger partial charge in [0.25, 0.3) is 5.56 Å². The fraction of sp³-hybridized carbons (Fsp3) is 0.0870. The van der Waals surface area contributed by atoms with E-state index in [4.69, 9.17) is 4.74 Å². The van der Waals surface area contributed by atoms with Gasteiger partial charge >= 0.3 is 0 Å². The highest BCUT2D eigenvalue weighted by molar-refractivity contribution is 5.89. The molecule has 30 heavy (non-hydrogen) atoms. The SMILES string of the molecule is CC(=O)Nc1cccc(-n2cc(-c3cnn(C)c3)c(Oc3ccccc3)cc2=O)c1. The van der Waals surface area contributed by atoms with Crippen LogP contribution in [0, 0.1) is 0 Å². The van der Waals surface area contributed by atoms with Crippen LogP contribution in [0.25, 0.3) is 16.8 Å². The van der Waals surface area contributed by atoms with Gasteiger partial charge in [0.1, 0.15) is 11.5 Å². The molecule has 2 heterocycles. The highest BCUT2D eigenvalue weighted by atomic mass is 16.5. The summed E-state index contributed by atoms with van der Waals surface area (Å²) >= 11 is 0.